The maximum Gasteiger partial charge on any atom is 0.228 e. The van der Waals surface area contributed by atoms with Crippen LogP contribution in [-0.4, -0.2) is 15.3 Å². The number of benzene rings is 3. The standard InChI is InChI=1S/C22H15BrN2O/c23-18-11-13-19(14-12-18)25-20(16-7-3-1-4-8-16)15-24-22(25)21(26)17-9-5-2-6-10-17/h1-15H. The minimum atomic E-state index is -0.101. The highest BCUT2D eigenvalue weighted by Crippen LogP contribution is 2.27. The Kier molecular flexibility index (Phi) is 4.50. The summed E-state index contributed by atoms with van der Waals surface area (Å²) in [6, 6.07) is 27.1. The van der Waals surface area contributed by atoms with Crippen LogP contribution >= 0.6 is 15.9 Å². The number of nitrogens with zero attached hydrogens (tertiary/aromatic N) is 2. The first-order valence-corrected chi connectivity index (χ1v) is 9.02. The van der Waals surface area contributed by atoms with E-state index in [1.54, 1.807) is 6.20 Å². The maximum atomic E-state index is 13.1. The molecule has 0 unspecified atom stereocenters. The fraction of sp³-hybridized carbons (Fsp3) is 0. The molecule has 0 spiro atoms. The highest BCUT2D eigenvalue weighted by molar-refractivity contribution is 9.10. The largest absolute Gasteiger partial charge is 0.290 e. The van der Waals surface area contributed by atoms with Gasteiger partial charge in [-0.1, -0.05) is 76.6 Å². The Morgan fingerprint density at radius 3 is 2.08 bits per heavy atom. The van der Waals surface area contributed by atoms with E-state index in [1.807, 2.05) is 89.5 Å². The molecule has 0 saturated heterocycles. The highest BCUT2D eigenvalue weighted by Gasteiger charge is 2.20. The number of imidazole rings is 1. The second-order valence-corrected chi connectivity index (χ2v) is 6.76. The molecular weight excluding hydrogens is 388 g/mol. The van der Waals surface area contributed by atoms with Crippen molar-refractivity contribution in [3.63, 3.8) is 0 Å². The van der Waals surface area contributed by atoms with E-state index in [1.165, 1.54) is 0 Å². The van der Waals surface area contributed by atoms with Crippen molar-refractivity contribution in [3.8, 4) is 16.9 Å². The average Bonchev–Trinajstić information content (AvgIpc) is 3.14. The molecule has 4 heteroatoms. The molecule has 0 amide bonds. The van der Waals surface area contributed by atoms with Gasteiger partial charge in [-0.05, 0) is 24.3 Å². The first kappa shape index (κ1) is 16.5. The van der Waals surface area contributed by atoms with Crippen LogP contribution in [0.5, 0.6) is 0 Å². The van der Waals surface area contributed by atoms with Gasteiger partial charge in [0.05, 0.1) is 11.9 Å². The van der Waals surface area contributed by atoms with Crippen molar-refractivity contribution in [1.82, 2.24) is 9.55 Å². The van der Waals surface area contributed by atoms with Crippen LogP contribution in [0, 0.1) is 0 Å². The molecule has 3 nitrogen and oxygen atoms in total. The molecule has 1 heterocycles. The minimum absolute atomic E-state index is 0.101. The normalized spacial score (nSPS) is 10.7. The molecule has 0 radical (unpaired) electrons. The number of hydrogen-bond donors (Lipinski definition) is 0. The monoisotopic (exact) mass is 402 g/mol. The minimum Gasteiger partial charge on any atom is -0.290 e. The summed E-state index contributed by atoms with van der Waals surface area (Å²) in [7, 11) is 0. The Hall–Kier alpha value is -2.98. The molecular formula is C22H15BrN2O. The number of rotatable bonds is 4. The summed E-state index contributed by atoms with van der Waals surface area (Å²) in [5.74, 6) is 0.299. The molecule has 0 bridgehead atoms. The average molecular weight is 403 g/mol. The quantitative estimate of drug-likeness (QED) is 0.420. The lowest BCUT2D eigenvalue weighted by molar-refractivity contribution is 0.102. The zero-order valence-corrected chi connectivity index (χ0v) is 15.4. The van der Waals surface area contributed by atoms with Crippen molar-refractivity contribution in [2.24, 2.45) is 0 Å². The number of carbonyl (C=O) groups is 1. The molecule has 0 aliphatic heterocycles. The van der Waals surface area contributed by atoms with E-state index in [-0.39, 0.29) is 5.78 Å². The first-order chi connectivity index (χ1) is 12.7. The third kappa shape index (κ3) is 3.11. The molecule has 0 N–H and O–H groups in total. The van der Waals surface area contributed by atoms with Gasteiger partial charge in [-0.3, -0.25) is 9.36 Å². The van der Waals surface area contributed by atoms with E-state index >= 15 is 0 Å². The van der Waals surface area contributed by atoms with Crippen molar-refractivity contribution in [1.29, 1.82) is 0 Å². The summed E-state index contributed by atoms with van der Waals surface area (Å²) in [6.07, 6.45) is 1.76. The summed E-state index contributed by atoms with van der Waals surface area (Å²) in [5, 5.41) is 0. The number of aromatic nitrogens is 2. The summed E-state index contributed by atoms with van der Waals surface area (Å²) >= 11 is 3.46. The van der Waals surface area contributed by atoms with Gasteiger partial charge in [0.1, 0.15) is 0 Å². The Morgan fingerprint density at radius 1 is 0.808 bits per heavy atom. The van der Waals surface area contributed by atoms with Gasteiger partial charge < -0.3 is 0 Å². The van der Waals surface area contributed by atoms with E-state index < -0.39 is 0 Å². The molecule has 126 valence electrons. The lowest BCUT2D eigenvalue weighted by Gasteiger charge is -2.12. The Labute approximate surface area is 160 Å². The molecule has 0 atom stereocenters. The first-order valence-electron chi connectivity index (χ1n) is 8.23. The zero-order chi connectivity index (χ0) is 17.9. The van der Waals surface area contributed by atoms with Crippen molar-refractivity contribution in [2.75, 3.05) is 0 Å². The highest BCUT2D eigenvalue weighted by atomic mass is 79.9. The van der Waals surface area contributed by atoms with Crippen molar-refractivity contribution in [2.45, 2.75) is 0 Å². The van der Waals surface area contributed by atoms with Crippen LogP contribution < -0.4 is 0 Å². The van der Waals surface area contributed by atoms with Crippen LogP contribution in [0.2, 0.25) is 0 Å². The van der Waals surface area contributed by atoms with Crippen LogP contribution in [0.15, 0.2) is 95.6 Å². The van der Waals surface area contributed by atoms with Crippen LogP contribution in [0.4, 0.5) is 0 Å². The summed E-state index contributed by atoms with van der Waals surface area (Å²) < 4.78 is 2.90. The summed E-state index contributed by atoms with van der Waals surface area (Å²) in [5.41, 5.74) is 3.40. The van der Waals surface area contributed by atoms with Gasteiger partial charge in [0.15, 0.2) is 5.82 Å². The lowest BCUT2D eigenvalue weighted by Crippen LogP contribution is -2.11. The number of hydrogen-bond acceptors (Lipinski definition) is 2. The number of halogens is 1. The fourth-order valence-corrected chi connectivity index (χ4v) is 3.16. The SMILES string of the molecule is O=C(c1ccccc1)c1ncc(-c2ccccc2)n1-c1ccc(Br)cc1. The molecule has 3 aromatic carbocycles. The zero-order valence-electron chi connectivity index (χ0n) is 13.8. The van der Waals surface area contributed by atoms with Gasteiger partial charge >= 0.3 is 0 Å². The molecule has 4 rings (SSSR count). The van der Waals surface area contributed by atoms with E-state index in [0.29, 0.717) is 11.4 Å². The topological polar surface area (TPSA) is 34.9 Å². The molecule has 0 saturated carbocycles. The van der Waals surface area contributed by atoms with Gasteiger partial charge in [0.25, 0.3) is 0 Å². The Morgan fingerprint density at radius 2 is 1.42 bits per heavy atom. The molecule has 26 heavy (non-hydrogen) atoms. The van der Waals surface area contributed by atoms with Crippen LogP contribution in [0.1, 0.15) is 16.2 Å². The summed E-state index contributed by atoms with van der Waals surface area (Å²) in [4.78, 5) is 17.5. The van der Waals surface area contributed by atoms with Gasteiger partial charge in [0, 0.05) is 21.3 Å². The smallest absolute Gasteiger partial charge is 0.228 e. The third-order valence-corrected chi connectivity index (χ3v) is 4.68. The predicted molar refractivity (Wildman–Crippen MR) is 107 cm³/mol. The van der Waals surface area contributed by atoms with Crippen molar-refractivity contribution in [3.05, 3.63) is 107 Å². The third-order valence-electron chi connectivity index (χ3n) is 4.16. The Balaban J connectivity index is 1.91. The molecule has 4 aromatic rings. The van der Waals surface area contributed by atoms with Crippen LogP contribution in [-0.2, 0) is 0 Å². The second kappa shape index (κ2) is 7.10. The number of carbonyl (C=O) groups excluding carboxylic acids is 1. The van der Waals surface area contributed by atoms with Crippen LogP contribution in [0.25, 0.3) is 16.9 Å². The predicted octanol–water partition coefficient (Wildman–Crippen LogP) is 5.53. The molecule has 0 fully saturated rings. The van der Waals surface area contributed by atoms with E-state index in [0.717, 1.165) is 21.4 Å². The van der Waals surface area contributed by atoms with Gasteiger partial charge in [-0.25, -0.2) is 4.98 Å². The van der Waals surface area contributed by atoms with Crippen LogP contribution in [0.3, 0.4) is 0 Å². The van der Waals surface area contributed by atoms with Gasteiger partial charge in [0.2, 0.25) is 5.78 Å². The van der Waals surface area contributed by atoms with Gasteiger partial charge in [-0.2, -0.15) is 0 Å². The second-order valence-electron chi connectivity index (χ2n) is 5.84. The fourth-order valence-electron chi connectivity index (χ4n) is 2.89. The molecule has 0 aliphatic rings. The van der Waals surface area contributed by atoms with E-state index in [4.69, 9.17) is 0 Å². The number of ketones is 1. The van der Waals surface area contributed by atoms with Crippen molar-refractivity contribution >= 4 is 21.7 Å². The van der Waals surface area contributed by atoms with E-state index in [9.17, 15) is 4.79 Å². The van der Waals surface area contributed by atoms with E-state index in [2.05, 4.69) is 20.9 Å². The molecule has 1 aromatic heterocycles. The Bertz CT molecular complexity index is 1040. The summed E-state index contributed by atoms with van der Waals surface area (Å²) in [6.45, 7) is 0. The maximum absolute atomic E-state index is 13.1. The molecule has 0 aliphatic carbocycles. The van der Waals surface area contributed by atoms with Gasteiger partial charge in [-0.15, -0.1) is 0 Å². The lowest BCUT2D eigenvalue weighted by atomic mass is 10.1. The van der Waals surface area contributed by atoms with Crippen molar-refractivity contribution < 1.29 is 4.79 Å².